The van der Waals surface area contributed by atoms with Crippen molar-refractivity contribution in [1.29, 1.82) is 0 Å². The number of hydrogen-bond acceptors (Lipinski definition) is 4. The number of hydrogen-bond donors (Lipinski definition) is 0. The number of aromatic nitrogens is 2. The van der Waals surface area contributed by atoms with Gasteiger partial charge in [-0.05, 0) is 19.2 Å². The monoisotopic (exact) mass is 228 g/mol. The average Bonchev–Trinajstić information content (AvgIpc) is 2.62. The minimum Gasteiger partial charge on any atom is -0.338 e. The van der Waals surface area contributed by atoms with E-state index < -0.39 is 0 Å². The van der Waals surface area contributed by atoms with E-state index in [-0.39, 0.29) is 0 Å². The highest BCUT2D eigenvalue weighted by Gasteiger charge is 2.19. The predicted molar refractivity (Wildman–Crippen MR) is 68.4 cm³/mol. The fraction of sp³-hybridized carbons (Fsp3) is 0.385. The molecule has 0 saturated carbocycles. The van der Waals surface area contributed by atoms with Gasteiger partial charge in [-0.25, -0.2) is 9.97 Å². The third-order valence-corrected chi connectivity index (χ3v) is 3.22. The number of rotatable bonds is 1. The molecule has 1 fully saturated rings. The molecule has 2 aliphatic heterocycles. The Bertz CT molecular complexity index is 446. The van der Waals surface area contributed by atoms with E-state index in [1.807, 2.05) is 30.3 Å². The average molecular weight is 228 g/mol. The second-order valence-corrected chi connectivity index (χ2v) is 4.50. The molecule has 0 N–H and O–H groups in total. The molecule has 4 heteroatoms. The first-order valence-corrected chi connectivity index (χ1v) is 5.99. The molecule has 1 saturated heterocycles. The van der Waals surface area contributed by atoms with Gasteiger partial charge in [-0.2, -0.15) is 0 Å². The summed E-state index contributed by atoms with van der Waals surface area (Å²) >= 11 is 0. The number of anilines is 1. The largest absolute Gasteiger partial charge is 0.338 e. The molecule has 0 amide bonds. The van der Waals surface area contributed by atoms with Crippen molar-refractivity contribution in [2.45, 2.75) is 0 Å². The summed E-state index contributed by atoms with van der Waals surface area (Å²) in [7, 11) is 2.15. The number of nitrogens with zero attached hydrogens (tertiary/aromatic N) is 4. The van der Waals surface area contributed by atoms with Gasteiger partial charge in [0.15, 0.2) is 0 Å². The first-order chi connectivity index (χ1) is 8.33. The molecule has 0 bridgehead atoms. The van der Waals surface area contributed by atoms with Gasteiger partial charge < -0.3 is 9.80 Å². The van der Waals surface area contributed by atoms with Crippen molar-refractivity contribution in [3.05, 3.63) is 30.3 Å². The van der Waals surface area contributed by atoms with Gasteiger partial charge in [-0.1, -0.05) is 18.2 Å². The Balaban J connectivity index is 1.89. The van der Waals surface area contributed by atoms with Gasteiger partial charge in [-0.3, -0.25) is 0 Å². The van der Waals surface area contributed by atoms with E-state index in [2.05, 4.69) is 26.8 Å². The van der Waals surface area contributed by atoms with Crippen LogP contribution in [0.2, 0.25) is 0 Å². The van der Waals surface area contributed by atoms with Crippen molar-refractivity contribution >= 4 is 5.95 Å². The normalized spacial score (nSPS) is 17.6. The summed E-state index contributed by atoms with van der Waals surface area (Å²) in [6.07, 6.45) is 0. The molecule has 2 heterocycles. The zero-order valence-electron chi connectivity index (χ0n) is 10.0. The molecular formula is C13H16N4. The molecule has 3 aliphatic rings. The molecule has 0 aromatic heterocycles. The number of piperazine rings is 1. The van der Waals surface area contributed by atoms with Gasteiger partial charge in [0.2, 0.25) is 5.95 Å². The maximum absolute atomic E-state index is 4.60. The molecule has 88 valence electrons. The zero-order valence-corrected chi connectivity index (χ0v) is 10.0. The van der Waals surface area contributed by atoms with Gasteiger partial charge in [-0.15, -0.1) is 0 Å². The molecule has 0 radical (unpaired) electrons. The second-order valence-electron chi connectivity index (χ2n) is 4.50. The Hall–Kier alpha value is -1.68. The van der Waals surface area contributed by atoms with E-state index in [9.17, 15) is 0 Å². The Morgan fingerprint density at radius 1 is 0.882 bits per heavy atom. The van der Waals surface area contributed by atoms with Crippen molar-refractivity contribution < 1.29 is 0 Å². The van der Waals surface area contributed by atoms with E-state index in [0.29, 0.717) is 0 Å². The molecule has 0 unspecified atom stereocenters. The van der Waals surface area contributed by atoms with Crippen LogP contribution >= 0.6 is 0 Å². The topological polar surface area (TPSA) is 32.3 Å². The highest BCUT2D eigenvalue weighted by molar-refractivity contribution is 5.60. The highest BCUT2D eigenvalue weighted by Crippen LogP contribution is 2.22. The summed E-state index contributed by atoms with van der Waals surface area (Å²) < 4.78 is 0. The minimum atomic E-state index is 0.874. The summed E-state index contributed by atoms with van der Waals surface area (Å²) in [5.74, 6) is 0.874. The highest BCUT2D eigenvalue weighted by atomic mass is 15.3. The van der Waals surface area contributed by atoms with Crippen molar-refractivity contribution in [3.8, 4) is 11.4 Å². The van der Waals surface area contributed by atoms with Crippen LogP contribution in [-0.4, -0.2) is 48.1 Å². The van der Waals surface area contributed by atoms with Crippen LogP contribution in [-0.2, 0) is 0 Å². The van der Waals surface area contributed by atoms with Crippen molar-refractivity contribution in [2.75, 3.05) is 38.1 Å². The van der Waals surface area contributed by atoms with Crippen molar-refractivity contribution in [1.82, 2.24) is 14.9 Å². The summed E-state index contributed by atoms with van der Waals surface area (Å²) in [5, 5.41) is 0. The van der Waals surface area contributed by atoms with Gasteiger partial charge in [0, 0.05) is 26.2 Å². The Morgan fingerprint density at radius 3 is 2.06 bits per heavy atom. The Labute approximate surface area is 101 Å². The van der Waals surface area contributed by atoms with Crippen LogP contribution in [0.15, 0.2) is 30.3 Å². The molecule has 0 aromatic rings. The summed E-state index contributed by atoms with van der Waals surface area (Å²) in [6.45, 7) is 4.19. The van der Waals surface area contributed by atoms with Crippen LogP contribution in [0.4, 0.5) is 5.95 Å². The molecule has 17 heavy (non-hydrogen) atoms. The lowest BCUT2D eigenvalue weighted by molar-refractivity contribution is 0.311. The van der Waals surface area contributed by atoms with Crippen molar-refractivity contribution in [2.24, 2.45) is 0 Å². The first-order valence-electron chi connectivity index (χ1n) is 5.99. The summed E-state index contributed by atoms with van der Waals surface area (Å²) in [5.41, 5.74) is 1.95. The maximum Gasteiger partial charge on any atom is 0.226 e. The van der Waals surface area contributed by atoms with E-state index >= 15 is 0 Å². The lowest BCUT2D eigenvalue weighted by atomic mass is 10.3. The first kappa shape index (κ1) is 10.5. The van der Waals surface area contributed by atoms with Gasteiger partial charge in [0.1, 0.15) is 0 Å². The fourth-order valence-electron chi connectivity index (χ4n) is 2.11. The van der Waals surface area contributed by atoms with Crippen LogP contribution < -0.4 is 4.90 Å². The molecule has 1 aliphatic carbocycles. The minimum absolute atomic E-state index is 0.874. The second kappa shape index (κ2) is 4.30. The van der Waals surface area contributed by atoms with Crippen LogP contribution in [0.25, 0.3) is 11.4 Å². The van der Waals surface area contributed by atoms with Crippen LogP contribution in [0.5, 0.6) is 0 Å². The number of likely N-dealkylation sites (N-methyl/N-ethyl adjacent to an activating group) is 1. The number of imidazole rings is 1. The third-order valence-electron chi connectivity index (χ3n) is 3.22. The molecule has 0 spiro atoms. The van der Waals surface area contributed by atoms with Crippen LogP contribution in [0.3, 0.4) is 0 Å². The van der Waals surface area contributed by atoms with E-state index in [0.717, 1.165) is 43.5 Å². The Morgan fingerprint density at radius 2 is 1.47 bits per heavy atom. The lowest BCUT2D eigenvalue weighted by Gasteiger charge is -2.31. The summed E-state index contributed by atoms with van der Waals surface area (Å²) in [6, 6.07) is 10.0. The molecule has 0 aromatic carbocycles. The molecular weight excluding hydrogens is 212 g/mol. The smallest absolute Gasteiger partial charge is 0.226 e. The standard InChI is InChI=1S/C13H16N4/c1-16-7-9-17(10-8-16)13-14-11-5-3-2-4-6-12(11)15-13/h2-6H,7-10H2,1H3. The van der Waals surface area contributed by atoms with Gasteiger partial charge in [0.05, 0.1) is 11.4 Å². The lowest BCUT2D eigenvalue weighted by Crippen LogP contribution is -2.44. The van der Waals surface area contributed by atoms with E-state index in [1.165, 1.54) is 0 Å². The van der Waals surface area contributed by atoms with Crippen molar-refractivity contribution in [3.63, 3.8) is 0 Å². The SMILES string of the molecule is CN1CCN(c2nc3cccccc-3n2)CC1. The fourth-order valence-corrected chi connectivity index (χ4v) is 2.11. The number of fused-ring (bicyclic) bond motifs is 1. The summed E-state index contributed by atoms with van der Waals surface area (Å²) in [4.78, 5) is 13.8. The molecule has 3 rings (SSSR count). The van der Waals surface area contributed by atoms with E-state index in [1.54, 1.807) is 0 Å². The predicted octanol–water partition coefficient (Wildman–Crippen LogP) is 1.33. The zero-order chi connectivity index (χ0) is 11.7. The third kappa shape index (κ3) is 2.08. The van der Waals surface area contributed by atoms with Crippen LogP contribution in [0.1, 0.15) is 0 Å². The van der Waals surface area contributed by atoms with Crippen LogP contribution in [0, 0.1) is 0 Å². The van der Waals surface area contributed by atoms with E-state index in [4.69, 9.17) is 0 Å². The molecule has 4 nitrogen and oxygen atoms in total. The Kier molecular flexibility index (Phi) is 2.65. The van der Waals surface area contributed by atoms with Gasteiger partial charge >= 0.3 is 0 Å². The molecule has 0 atom stereocenters. The van der Waals surface area contributed by atoms with Gasteiger partial charge in [0.25, 0.3) is 0 Å². The quantitative estimate of drug-likeness (QED) is 0.737. The maximum atomic E-state index is 4.60.